The fraction of sp³-hybridized carbons (Fsp3) is 0.286. The predicted molar refractivity (Wildman–Crippen MR) is 127 cm³/mol. The van der Waals surface area contributed by atoms with Crippen LogP contribution in [-0.4, -0.2) is 0 Å². The van der Waals surface area contributed by atoms with E-state index >= 15 is 0 Å². The molecule has 0 spiro atoms. The molecule has 0 aliphatic rings. The Hall–Kier alpha value is -1.86. The molecule has 31 heavy (non-hydrogen) atoms. The summed E-state index contributed by atoms with van der Waals surface area (Å²) < 4.78 is 19.6. The second-order valence-electron chi connectivity index (χ2n) is 8.01. The van der Waals surface area contributed by atoms with Crippen molar-refractivity contribution in [1.29, 1.82) is 0 Å². The van der Waals surface area contributed by atoms with Gasteiger partial charge in [-0.2, -0.15) is 33.9 Å². The van der Waals surface area contributed by atoms with Gasteiger partial charge in [0.15, 0.2) is 0 Å². The van der Waals surface area contributed by atoms with Crippen LogP contribution in [0.15, 0.2) is 60.7 Å². The van der Waals surface area contributed by atoms with E-state index in [2.05, 4.69) is 102 Å². The zero-order valence-corrected chi connectivity index (χ0v) is 21.9. The number of fused-ring (bicyclic) bond motifs is 1. The third kappa shape index (κ3) is 6.33. The van der Waals surface area contributed by atoms with Crippen LogP contribution in [0, 0.1) is 34.6 Å². The molecule has 3 heteroatoms. The van der Waals surface area contributed by atoms with Crippen LogP contribution in [-0.2, 0) is 30.9 Å². The SMILES string of the molecule is CCCc1c(C)c(C)c(C)[c-]1C.Cc1cc2c(-c3ccccc3)cccc2[cH-]1.[F][Zr+2][F]. The van der Waals surface area contributed by atoms with Gasteiger partial charge in [0.1, 0.15) is 0 Å². The molecule has 4 aromatic rings. The van der Waals surface area contributed by atoms with Crippen LogP contribution in [0.1, 0.15) is 46.7 Å². The van der Waals surface area contributed by atoms with E-state index in [1.165, 1.54) is 62.6 Å². The van der Waals surface area contributed by atoms with Crippen molar-refractivity contribution in [2.75, 3.05) is 0 Å². The van der Waals surface area contributed by atoms with Crippen molar-refractivity contribution >= 4 is 10.8 Å². The summed E-state index contributed by atoms with van der Waals surface area (Å²) in [5.74, 6) is 0. The number of benzene rings is 2. The van der Waals surface area contributed by atoms with E-state index in [0.29, 0.717) is 0 Å². The minimum atomic E-state index is -2.77. The molecule has 0 atom stereocenters. The van der Waals surface area contributed by atoms with Crippen molar-refractivity contribution in [2.45, 2.75) is 54.4 Å². The molecule has 0 unspecified atom stereocenters. The fourth-order valence-electron chi connectivity index (χ4n) is 4.18. The summed E-state index contributed by atoms with van der Waals surface area (Å²) in [6, 6.07) is 21.6. The van der Waals surface area contributed by atoms with Crippen LogP contribution < -0.4 is 0 Å². The van der Waals surface area contributed by atoms with Crippen molar-refractivity contribution in [2.24, 2.45) is 0 Å². The molecule has 162 valence electrons. The number of hydrogen-bond donors (Lipinski definition) is 0. The van der Waals surface area contributed by atoms with Gasteiger partial charge in [0, 0.05) is 0 Å². The Bertz CT molecular complexity index is 1060. The second kappa shape index (κ2) is 12.2. The fourth-order valence-corrected chi connectivity index (χ4v) is 4.18. The Kier molecular flexibility index (Phi) is 10.0. The van der Waals surface area contributed by atoms with E-state index in [1.807, 2.05) is 0 Å². The molecule has 0 saturated heterocycles. The maximum atomic E-state index is 9.80. The summed E-state index contributed by atoms with van der Waals surface area (Å²) in [6.45, 7) is 13.4. The third-order valence-corrected chi connectivity index (χ3v) is 6.07. The Balaban J connectivity index is 0.000000203. The molecule has 0 aliphatic heterocycles. The Morgan fingerprint density at radius 3 is 2.10 bits per heavy atom. The second-order valence-corrected chi connectivity index (χ2v) is 8.36. The van der Waals surface area contributed by atoms with E-state index in [-0.39, 0.29) is 0 Å². The first kappa shape index (κ1) is 25.4. The zero-order valence-electron chi connectivity index (χ0n) is 19.4. The predicted octanol–water partition coefficient (Wildman–Crippen LogP) is 8.96. The molecule has 0 amide bonds. The van der Waals surface area contributed by atoms with Gasteiger partial charge in [0.2, 0.25) is 0 Å². The van der Waals surface area contributed by atoms with Crippen molar-refractivity contribution < 1.29 is 29.7 Å². The van der Waals surface area contributed by atoms with Crippen LogP contribution in [0.4, 0.5) is 5.25 Å². The van der Waals surface area contributed by atoms with Crippen molar-refractivity contribution in [3.8, 4) is 11.1 Å². The first-order chi connectivity index (χ1) is 14.8. The van der Waals surface area contributed by atoms with Crippen LogP contribution in [0.25, 0.3) is 21.9 Å². The molecular weight excluding hydrogens is 466 g/mol. The van der Waals surface area contributed by atoms with E-state index in [4.69, 9.17) is 0 Å². The monoisotopic (exact) mass is 496 g/mol. The van der Waals surface area contributed by atoms with Crippen LogP contribution in [0.5, 0.6) is 0 Å². The summed E-state index contributed by atoms with van der Waals surface area (Å²) in [5, 5.41) is 2.69. The van der Waals surface area contributed by atoms with Gasteiger partial charge in [0.25, 0.3) is 0 Å². The topological polar surface area (TPSA) is 0 Å². The van der Waals surface area contributed by atoms with Gasteiger partial charge in [0.05, 0.1) is 0 Å². The van der Waals surface area contributed by atoms with Crippen LogP contribution in [0.2, 0.25) is 0 Å². The van der Waals surface area contributed by atoms with E-state index in [9.17, 15) is 5.25 Å². The molecule has 0 fully saturated rings. The summed E-state index contributed by atoms with van der Waals surface area (Å²) >= 11 is -2.77. The van der Waals surface area contributed by atoms with Gasteiger partial charge in [-0.05, 0) is 5.56 Å². The molecule has 0 aromatic heterocycles. The summed E-state index contributed by atoms with van der Waals surface area (Å²) in [4.78, 5) is 0. The Morgan fingerprint density at radius 1 is 0.903 bits per heavy atom. The first-order valence-corrected chi connectivity index (χ1v) is 12.6. The quantitative estimate of drug-likeness (QED) is 0.248. The van der Waals surface area contributed by atoms with Gasteiger partial charge < -0.3 is 0 Å². The number of halogens is 2. The molecule has 0 nitrogen and oxygen atoms in total. The van der Waals surface area contributed by atoms with Gasteiger partial charge in [-0.15, -0.1) is 34.5 Å². The Labute approximate surface area is 199 Å². The van der Waals surface area contributed by atoms with Crippen LogP contribution in [0.3, 0.4) is 0 Å². The van der Waals surface area contributed by atoms with Gasteiger partial charge in [-0.25, -0.2) is 0 Å². The molecule has 4 rings (SSSR count). The summed E-state index contributed by atoms with van der Waals surface area (Å²) in [5.41, 5.74) is 11.6. The summed E-state index contributed by atoms with van der Waals surface area (Å²) in [7, 11) is 0. The molecule has 0 saturated carbocycles. The number of hydrogen-bond acceptors (Lipinski definition) is 0. The van der Waals surface area contributed by atoms with Gasteiger partial charge >= 0.3 is 29.7 Å². The molecule has 0 aliphatic carbocycles. The first-order valence-electron chi connectivity index (χ1n) is 10.7. The molecule has 0 heterocycles. The molecular formula is C28H32F2Zr. The van der Waals surface area contributed by atoms with E-state index in [0.717, 1.165) is 0 Å². The van der Waals surface area contributed by atoms with Crippen molar-refractivity contribution in [3.63, 3.8) is 0 Å². The average Bonchev–Trinajstić information content (AvgIpc) is 3.24. The number of aryl methyl sites for hydroxylation is 1. The average molecular weight is 498 g/mol. The minimum absolute atomic E-state index is 1.24. The van der Waals surface area contributed by atoms with Crippen molar-refractivity contribution in [1.82, 2.24) is 0 Å². The standard InChI is InChI=1S/C16H13.C12H19.2FH.Zr/c1-12-10-14-8-5-9-15(16(14)11-12)13-6-3-2-4-7-13;1-6-7-12-10(4)8(2)9(3)11(12)5;;;/h2-11H,1H3;6-7H2,1-5H3;2*1H;/q2*-1;;;+4/p-2. The van der Waals surface area contributed by atoms with Gasteiger partial charge in [-0.1, -0.05) is 96.3 Å². The number of rotatable bonds is 3. The third-order valence-electron chi connectivity index (χ3n) is 6.07. The van der Waals surface area contributed by atoms with Crippen molar-refractivity contribution in [3.05, 3.63) is 94.0 Å². The van der Waals surface area contributed by atoms with E-state index in [1.54, 1.807) is 5.56 Å². The maximum absolute atomic E-state index is 9.80. The normalized spacial score (nSPS) is 10.1. The molecule has 4 aromatic carbocycles. The van der Waals surface area contributed by atoms with Gasteiger partial charge in [-0.3, -0.25) is 0 Å². The van der Waals surface area contributed by atoms with Crippen LogP contribution >= 0.6 is 0 Å². The van der Waals surface area contributed by atoms with E-state index < -0.39 is 24.5 Å². The molecule has 0 bridgehead atoms. The Morgan fingerprint density at radius 2 is 1.55 bits per heavy atom. The molecule has 0 radical (unpaired) electrons. The summed E-state index contributed by atoms with van der Waals surface area (Å²) in [6.07, 6.45) is 2.50. The zero-order chi connectivity index (χ0) is 23.0. The molecule has 0 N–H and O–H groups in total.